The maximum absolute atomic E-state index is 11.9. The van der Waals surface area contributed by atoms with Crippen LogP contribution in [-0.2, 0) is 11.2 Å². The van der Waals surface area contributed by atoms with Crippen molar-refractivity contribution in [2.24, 2.45) is 0 Å². The van der Waals surface area contributed by atoms with Gasteiger partial charge in [-0.05, 0) is 36.1 Å². The minimum Gasteiger partial charge on any atom is -0.492 e. The highest BCUT2D eigenvalue weighted by atomic mass is 32.2. The molecule has 6 nitrogen and oxygen atoms in total. The fraction of sp³-hybridized carbons (Fsp3) is 0.278. The highest BCUT2D eigenvalue weighted by Crippen LogP contribution is 2.16. The van der Waals surface area contributed by atoms with Gasteiger partial charge >= 0.3 is 0 Å². The van der Waals surface area contributed by atoms with Gasteiger partial charge in [0, 0.05) is 11.3 Å². The number of aromatic amines is 1. The molecule has 0 atom stereocenters. The number of H-pyrrole nitrogens is 1. The molecule has 26 heavy (non-hydrogen) atoms. The molecule has 3 aromatic rings. The lowest BCUT2D eigenvalue weighted by Crippen LogP contribution is -2.29. The second-order valence-corrected chi connectivity index (χ2v) is 7.60. The molecule has 8 heteroatoms. The van der Waals surface area contributed by atoms with Gasteiger partial charge in [-0.15, -0.1) is 16.4 Å². The van der Waals surface area contributed by atoms with E-state index < -0.39 is 0 Å². The van der Waals surface area contributed by atoms with Crippen LogP contribution >= 0.6 is 23.1 Å². The van der Waals surface area contributed by atoms with Gasteiger partial charge < -0.3 is 10.1 Å². The van der Waals surface area contributed by atoms with Crippen LogP contribution in [0.5, 0.6) is 5.75 Å². The Kier molecular flexibility index (Phi) is 6.68. The first-order valence-corrected chi connectivity index (χ1v) is 10.1. The topological polar surface area (TPSA) is 79.9 Å². The zero-order chi connectivity index (χ0) is 18.2. The Morgan fingerprint density at radius 2 is 2.27 bits per heavy atom. The second kappa shape index (κ2) is 9.40. The van der Waals surface area contributed by atoms with Gasteiger partial charge in [-0.3, -0.25) is 9.89 Å². The Morgan fingerprint density at radius 1 is 1.35 bits per heavy atom. The molecule has 0 aliphatic heterocycles. The molecule has 1 amide bonds. The van der Waals surface area contributed by atoms with Crippen LogP contribution in [0.15, 0.2) is 46.9 Å². The molecule has 0 spiro atoms. The van der Waals surface area contributed by atoms with Gasteiger partial charge in [0.15, 0.2) is 0 Å². The second-order valence-electron chi connectivity index (χ2n) is 5.62. The van der Waals surface area contributed by atoms with Gasteiger partial charge in [0.25, 0.3) is 0 Å². The molecule has 3 rings (SSSR count). The number of ether oxygens (including phenoxy) is 1. The third kappa shape index (κ3) is 5.89. The Balaban J connectivity index is 1.33. The summed E-state index contributed by atoms with van der Waals surface area (Å²) >= 11 is 3.00. The summed E-state index contributed by atoms with van der Waals surface area (Å²) in [6.07, 6.45) is 0.730. The standard InChI is InChI=1S/C18H20N4O2S2/c1-13-4-2-5-14(10-13)24-8-7-19-17(23)12-26-18-20-16(21-22-18)11-15-6-3-9-25-15/h2-6,9-10H,7-8,11-12H2,1H3,(H,19,23)(H,20,21,22). The molecule has 2 N–H and O–H groups in total. The van der Waals surface area contributed by atoms with Gasteiger partial charge in [0.2, 0.25) is 11.1 Å². The van der Waals surface area contributed by atoms with Crippen molar-refractivity contribution in [3.8, 4) is 5.75 Å². The fourth-order valence-electron chi connectivity index (χ4n) is 2.25. The van der Waals surface area contributed by atoms with Gasteiger partial charge in [0.05, 0.1) is 12.3 Å². The van der Waals surface area contributed by atoms with Crippen LogP contribution in [0.3, 0.4) is 0 Å². The van der Waals surface area contributed by atoms with Crippen LogP contribution < -0.4 is 10.1 Å². The summed E-state index contributed by atoms with van der Waals surface area (Å²) in [5.41, 5.74) is 1.15. The molecule has 0 unspecified atom stereocenters. The molecule has 0 bridgehead atoms. The Labute approximate surface area is 160 Å². The summed E-state index contributed by atoms with van der Waals surface area (Å²) in [7, 11) is 0. The van der Waals surface area contributed by atoms with E-state index in [1.165, 1.54) is 16.6 Å². The summed E-state index contributed by atoms with van der Waals surface area (Å²) in [4.78, 5) is 17.5. The first-order chi connectivity index (χ1) is 12.7. The number of thiophene rings is 1. The van der Waals surface area contributed by atoms with E-state index in [9.17, 15) is 4.79 Å². The van der Waals surface area contributed by atoms with E-state index in [-0.39, 0.29) is 11.7 Å². The molecule has 1 aromatic carbocycles. The van der Waals surface area contributed by atoms with Crippen molar-refractivity contribution in [1.82, 2.24) is 20.5 Å². The lowest BCUT2D eigenvalue weighted by atomic mass is 10.2. The van der Waals surface area contributed by atoms with Crippen LogP contribution in [0, 0.1) is 6.92 Å². The zero-order valence-electron chi connectivity index (χ0n) is 14.4. The largest absolute Gasteiger partial charge is 0.492 e. The average Bonchev–Trinajstić information content (AvgIpc) is 3.29. The lowest BCUT2D eigenvalue weighted by molar-refractivity contribution is -0.118. The molecule has 136 valence electrons. The Hall–Kier alpha value is -2.32. The van der Waals surface area contributed by atoms with Crippen molar-refractivity contribution in [3.05, 3.63) is 58.0 Å². The molecule has 0 aliphatic carbocycles. The van der Waals surface area contributed by atoms with Crippen molar-refractivity contribution in [2.75, 3.05) is 18.9 Å². The number of nitrogens with one attached hydrogen (secondary N) is 2. The quantitative estimate of drug-likeness (QED) is 0.435. The van der Waals surface area contributed by atoms with E-state index in [2.05, 4.69) is 26.6 Å². The number of amides is 1. The highest BCUT2D eigenvalue weighted by molar-refractivity contribution is 7.99. The molecule has 2 heterocycles. The smallest absolute Gasteiger partial charge is 0.230 e. The number of hydrogen-bond donors (Lipinski definition) is 2. The number of nitrogens with zero attached hydrogens (tertiary/aromatic N) is 2. The molecule has 0 fully saturated rings. The van der Waals surface area contributed by atoms with Crippen LogP contribution in [0.4, 0.5) is 0 Å². The molecule has 0 aliphatic rings. The minimum absolute atomic E-state index is 0.0625. The van der Waals surface area contributed by atoms with E-state index in [0.29, 0.717) is 18.3 Å². The summed E-state index contributed by atoms with van der Waals surface area (Å²) < 4.78 is 5.60. The SMILES string of the molecule is Cc1cccc(OCCNC(=O)CSc2n[nH]c(Cc3cccs3)n2)c1. The molecule has 0 saturated heterocycles. The number of hydrogen-bond acceptors (Lipinski definition) is 6. The van der Waals surface area contributed by atoms with Crippen LogP contribution in [-0.4, -0.2) is 40.0 Å². The van der Waals surface area contributed by atoms with Crippen molar-refractivity contribution in [3.63, 3.8) is 0 Å². The Morgan fingerprint density at radius 3 is 3.08 bits per heavy atom. The monoisotopic (exact) mass is 388 g/mol. The summed E-state index contributed by atoms with van der Waals surface area (Å²) in [5.74, 6) is 1.84. The van der Waals surface area contributed by atoms with Gasteiger partial charge in [0.1, 0.15) is 18.2 Å². The highest BCUT2D eigenvalue weighted by Gasteiger charge is 2.08. The van der Waals surface area contributed by atoms with Gasteiger partial charge in [-0.1, -0.05) is 30.0 Å². The van der Waals surface area contributed by atoms with Crippen molar-refractivity contribution in [2.45, 2.75) is 18.5 Å². The third-order valence-electron chi connectivity index (χ3n) is 3.45. The lowest BCUT2D eigenvalue weighted by Gasteiger charge is -2.07. The average molecular weight is 389 g/mol. The molecular weight excluding hydrogens is 368 g/mol. The number of carbonyl (C=O) groups is 1. The normalized spacial score (nSPS) is 10.7. The van der Waals surface area contributed by atoms with E-state index in [4.69, 9.17) is 4.74 Å². The number of rotatable bonds is 9. The van der Waals surface area contributed by atoms with E-state index in [1.807, 2.05) is 42.6 Å². The predicted molar refractivity (Wildman–Crippen MR) is 104 cm³/mol. The van der Waals surface area contributed by atoms with Crippen molar-refractivity contribution >= 4 is 29.0 Å². The number of benzene rings is 1. The van der Waals surface area contributed by atoms with E-state index >= 15 is 0 Å². The summed E-state index contributed by atoms with van der Waals surface area (Å²) in [6, 6.07) is 11.9. The number of carbonyl (C=O) groups excluding carboxylic acids is 1. The zero-order valence-corrected chi connectivity index (χ0v) is 16.0. The maximum Gasteiger partial charge on any atom is 0.230 e. The van der Waals surface area contributed by atoms with Crippen LogP contribution in [0.2, 0.25) is 0 Å². The van der Waals surface area contributed by atoms with E-state index in [0.717, 1.165) is 23.6 Å². The molecule has 2 aromatic heterocycles. The van der Waals surface area contributed by atoms with Crippen molar-refractivity contribution in [1.29, 1.82) is 0 Å². The van der Waals surface area contributed by atoms with Gasteiger partial charge in [-0.25, -0.2) is 4.98 Å². The minimum atomic E-state index is -0.0625. The fourth-order valence-corrected chi connectivity index (χ4v) is 3.60. The third-order valence-corrected chi connectivity index (χ3v) is 5.17. The number of aryl methyl sites for hydroxylation is 1. The summed E-state index contributed by atoms with van der Waals surface area (Å²) in [5, 5.41) is 12.5. The van der Waals surface area contributed by atoms with Crippen LogP contribution in [0.25, 0.3) is 0 Å². The predicted octanol–water partition coefficient (Wildman–Crippen LogP) is 3.05. The van der Waals surface area contributed by atoms with Crippen molar-refractivity contribution < 1.29 is 9.53 Å². The molecule has 0 saturated carbocycles. The maximum atomic E-state index is 11.9. The van der Waals surface area contributed by atoms with Crippen LogP contribution in [0.1, 0.15) is 16.3 Å². The number of aromatic nitrogens is 3. The molecular formula is C18H20N4O2S2. The van der Waals surface area contributed by atoms with E-state index in [1.54, 1.807) is 11.3 Å². The van der Waals surface area contributed by atoms with Gasteiger partial charge in [-0.2, -0.15) is 0 Å². The first kappa shape index (κ1) is 18.5. The number of thioether (sulfide) groups is 1. The molecule has 0 radical (unpaired) electrons. The Bertz CT molecular complexity index is 833. The first-order valence-electron chi connectivity index (χ1n) is 8.21. The summed E-state index contributed by atoms with van der Waals surface area (Å²) in [6.45, 7) is 2.91.